The van der Waals surface area contributed by atoms with Gasteiger partial charge in [-0.15, -0.1) is 0 Å². The molecule has 6 nitrogen and oxygen atoms in total. The van der Waals surface area contributed by atoms with Crippen LogP contribution in [0, 0.1) is 5.92 Å². The SMILES string of the molecule is CC(C)COc1ccc(C(=O)Nc2nonc2-c2ccc(Cl)cc2)cc1. The van der Waals surface area contributed by atoms with Crippen LogP contribution in [0.3, 0.4) is 0 Å². The lowest BCUT2D eigenvalue weighted by atomic mass is 10.1. The molecule has 0 aliphatic carbocycles. The molecule has 3 aromatic rings. The molecule has 134 valence electrons. The lowest BCUT2D eigenvalue weighted by molar-refractivity contribution is 0.102. The summed E-state index contributed by atoms with van der Waals surface area (Å²) >= 11 is 5.89. The Balaban J connectivity index is 1.71. The molecule has 0 bridgehead atoms. The van der Waals surface area contributed by atoms with Gasteiger partial charge >= 0.3 is 0 Å². The Bertz CT molecular complexity index is 874. The van der Waals surface area contributed by atoms with Crippen LogP contribution in [-0.2, 0) is 0 Å². The zero-order valence-electron chi connectivity index (χ0n) is 14.4. The fourth-order valence-corrected chi connectivity index (χ4v) is 2.34. The Morgan fingerprint density at radius 1 is 1.12 bits per heavy atom. The normalized spacial score (nSPS) is 10.8. The largest absolute Gasteiger partial charge is 0.493 e. The number of aromatic nitrogens is 2. The van der Waals surface area contributed by atoms with Crippen molar-refractivity contribution < 1.29 is 14.2 Å². The van der Waals surface area contributed by atoms with Crippen molar-refractivity contribution in [2.75, 3.05) is 11.9 Å². The van der Waals surface area contributed by atoms with Crippen LogP contribution in [0.2, 0.25) is 5.02 Å². The smallest absolute Gasteiger partial charge is 0.256 e. The Morgan fingerprint density at radius 2 is 1.81 bits per heavy atom. The van der Waals surface area contributed by atoms with E-state index in [1.54, 1.807) is 48.5 Å². The van der Waals surface area contributed by atoms with Gasteiger partial charge in [0.1, 0.15) is 5.75 Å². The number of benzene rings is 2. The van der Waals surface area contributed by atoms with Crippen molar-refractivity contribution in [3.8, 4) is 17.0 Å². The van der Waals surface area contributed by atoms with E-state index >= 15 is 0 Å². The van der Waals surface area contributed by atoms with Gasteiger partial charge < -0.3 is 10.1 Å². The highest BCUT2D eigenvalue weighted by Crippen LogP contribution is 2.26. The third-order valence-electron chi connectivity index (χ3n) is 3.54. The van der Waals surface area contributed by atoms with Crippen molar-refractivity contribution in [1.29, 1.82) is 0 Å². The van der Waals surface area contributed by atoms with E-state index in [0.29, 0.717) is 28.8 Å². The Kier molecular flexibility index (Phi) is 5.53. The molecule has 0 spiro atoms. The molecule has 0 saturated carbocycles. The summed E-state index contributed by atoms with van der Waals surface area (Å²) in [5.74, 6) is 1.09. The van der Waals surface area contributed by atoms with Crippen molar-refractivity contribution in [2.24, 2.45) is 5.92 Å². The van der Waals surface area contributed by atoms with Crippen molar-refractivity contribution in [3.05, 3.63) is 59.1 Å². The number of ether oxygens (including phenoxy) is 1. The van der Waals surface area contributed by atoms with E-state index in [2.05, 4.69) is 29.5 Å². The first kappa shape index (κ1) is 17.9. The Morgan fingerprint density at radius 3 is 2.46 bits per heavy atom. The van der Waals surface area contributed by atoms with Crippen molar-refractivity contribution in [2.45, 2.75) is 13.8 Å². The second kappa shape index (κ2) is 8.01. The van der Waals surface area contributed by atoms with Gasteiger partial charge in [-0.3, -0.25) is 4.79 Å². The molecular weight excluding hydrogens is 354 g/mol. The first-order chi connectivity index (χ1) is 12.5. The Hall–Kier alpha value is -2.86. The van der Waals surface area contributed by atoms with Gasteiger partial charge in [-0.25, -0.2) is 4.63 Å². The number of rotatable bonds is 6. The van der Waals surface area contributed by atoms with Crippen LogP contribution in [0.5, 0.6) is 5.75 Å². The van der Waals surface area contributed by atoms with Crippen LogP contribution in [-0.4, -0.2) is 22.8 Å². The molecule has 7 heteroatoms. The van der Waals surface area contributed by atoms with Gasteiger partial charge in [-0.1, -0.05) is 37.6 Å². The van der Waals surface area contributed by atoms with Crippen molar-refractivity contribution in [3.63, 3.8) is 0 Å². The molecule has 0 fully saturated rings. The van der Waals surface area contributed by atoms with Gasteiger partial charge in [0.25, 0.3) is 5.91 Å². The van der Waals surface area contributed by atoms with Crippen LogP contribution in [0.1, 0.15) is 24.2 Å². The third-order valence-corrected chi connectivity index (χ3v) is 3.79. The van der Waals surface area contributed by atoms with E-state index in [0.717, 1.165) is 11.3 Å². The summed E-state index contributed by atoms with van der Waals surface area (Å²) in [6, 6.07) is 13.9. The first-order valence-electron chi connectivity index (χ1n) is 8.15. The van der Waals surface area contributed by atoms with E-state index in [-0.39, 0.29) is 11.7 Å². The summed E-state index contributed by atoms with van der Waals surface area (Å²) in [6.45, 7) is 4.78. The first-order valence-corrected chi connectivity index (χ1v) is 8.53. The summed E-state index contributed by atoms with van der Waals surface area (Å²) in [5.41, 5.74) is 1.65. The van der Waals surface area contributed by atoms with E-state index in [1.165, 1.54) is 0 Å². The second-order valence-electron chi connectivity index (χ2n) is 6.15. The van der Waals surface area contributed by atoms with Crippen LogP contribution < -0.4 is 10.1 Å². The molecular formula is C19H18ClN3O3. The maximum absolute atomic E-state index is 12.4. The average Bonchev–Trinajstić information content (AvgIpc) is 3.09. The summed E-state index contributed by atoms with van der Waals surface area (Å²) in [6.07, 6.45) is 0. The summed E-state index contributed by atoms with van der Waals surface area (Å²) in [7, 11) is 0. The predicted octanol–water partition coefficient (Wildman–Crippen LogP) is 4.68. The zero-order valence-corrected chi connectivity index (χ0v) is 15.2. The summed E-state index contributed by atoms with van der Waals surface area (Å²) < 4.78 is 10.4. The third kappa shape index (κ3) is 4.40. The number of anilines is 1. The molecule has 2 aromatic carbocycles. The molecule has 0 aliphatic heterocycles. The fraction of sp³-hybridized carbons (Fsp3) is 0.211. The number of hydrogen-bond acceptors (Lipinski definition) is 5. The maximum Gasteiger partial charge on any atom is 0.256 e. The summed E-state index contributed by atoms with van der Waals surface area (Å²) in [5, 5.41) is 10.9. The van der Waals surface area contributed by atoms with Crippen LogP contribution in [0.4, 0.5) is 5.82 Å². The molecule has 26 heavy (non-hydrogen) atoms. The van der Waals surface area contributed by atoms with Gasteiger partial charge in [0, 0.05) is 16.1 Å². The predicted molar refractivity (Wildman–Crippen MR) is 99.5 cm³/mol. The van der Waals surface area contributed by atoms with Crippen molar-refractivity contribution in [1.82, 2.24) is 10.3 Å². The number of carbonyl (C=O) groups excluding carboxylic acids is 1. The molecule has 1 aromatic heterocycles. The molecule has 0 atom stereocenters. The van der Waals surface area contributed by atoms with Gasteiger partial charge in [0.05, 0.1) is 6.61 Å². The zero-order chi connectivity index (χ0) is 18.5. The summed E-state index contributed by atoms with van der Waals surface area (Å²) in [4.78, 5) is 12.4. The molecule has 1 heterocycles. The van der Waals surface area contributed by atoms with Gasteiger partial charge in [-0.2, -0.15) is 0 Å². The minimum Gasteiger partial charge on any atom is -0.493 e. The molecule has 0 aliphatic rings. The number of nitrogens with one attached hydrogen (secondary N) is 1. The Labute approximate surface area is 156 Å². The van der Waals surface area contributed by atoms with Crippen LogP contribution >= 0.6 is 11.6 Å². The minimum atomic E-state index is -0.314. The van der Waals surface area contributed by atoms with Crippen molar-refractivity contribution >= 4 is 23.3 Å². The standard InChI is InChI=1S/C19H18ClN3O3/c1-12(2)11-25-16-9-5-14(6-10-16)19(24)21-18-17(22-26-23-18)13-3-7-15(20)8-4-13/h3-10,12H,11H2,1-2H3,(H,21,23,24). The van der Waals surface area contributed by atoms with Gasteiger partial charge in [0.15, 0.2) is 5.69 Å². The van der Waals surface area contributed by atoms with Gasteiger partial charge in [-0.05, 0) is 52.6 Å². The average molecular weight is 372 g/mol. The van der Waals surface area contributed by atoms with E-state index in [4.69, 9.17) is 21.0 Å². The van der Waals surface area contributed by atoms with E-state index in [1.807, 2.05) is 0 Å². The second-order valence-corrected chi connectivity index (χ2v) is 6.59. The lowest BCUT2D eigenvalue weighted by Crippen LogP contribution is -2.13. The minimum absolute atomic E-state index is 0.248. The van der Waals surface area contributed by atoms with Crippen LogP contribution in [0.15, 0.2) is 53.2 Å². The topological polar surface area (TPSA) is 77.2 Å². The number of carbonyl (C=O) groups is 1. The highest BCUT2D eigenvalue weighted by molar-refractivity contribution is 6.30. The highest BCUT2D eigenvalue weighted by atomic mass is 35.5. The number of nitrogens with zero attached hydrogens (tertiary/aromatic N) is 2. The fourth-order valence-electron chi connectivity index (χ4n) is 2.21. The number of amides is 1. The molecule has 0 saturated heterocycles. The number of hydrogen-bond donors (Lipinski definition) is 1. The lowest BCUT2D eigenvalue weighted by Gasteiger charge is -2.09. The molecule has 0 unspecified atom stereocenters. The monoisotopic (exact) mass is 371 g/mol. The van der Waals surface area contributed by atoms with E-state index < -0.39 is 0 Å². The molecule has 1 N–H and O–H groups in total. The molecule has 3 rings (SSSR count). The maximum atomic E-state index is 12.4. The number of halogens is 1. The quantitative estimate of drug-likeness (QED) is 0.680. The van der Waals surface area contributed by atoms with Gasteiger partial charge in [0.2, 0.25) is 5.82 Å². The molecule has 0 radical (unpaired) electrons. The van der Waals surface area contributed by atoms with Crippen LogP contribution in [0.25, 0.3) is 11.3 Å². The van der Waals surface area contributed by atoms with E-state index in [9.17, 15) is 4.79 Å². The molecule has 1 amide bonds. The highest BCUT2D eigenvalue weighted by Gasteiger charge is 2.16.